The minimum absolute atomic E-state index is 0.227. The summed E-state index contributed by atoms with van der Waals surface area (Å²) in [6, 6.07) is 22.6. The van der Waals surface area contributed by atoms with Gasteiger partial charge in [-0.15, -0.1) is 0 Å². The molecule has 0 fully saturated rings. The molecule has 1 heterocycles. The molecule has 0 bridgehead atoms. The van der Waals surface area contributed by atoms with E-state index in [0.29, 0.717) is 5.56 Å². The molecular weight excluding hydrogens is 284 g/mol. The fourth-order valence-corrected chi connectivity index (χ4v) is 3.72. The molecular formula is C21H14O2. The van der Waals surface area contributed by atoms with Crippen LogP contribution in [0.5, 0.6) is 0 Å². The smallest absolute Gasteiger partial charge is 0.339 e. The first kappa shape index (κ1) is 12.7. The van der Waals surface area contributed by atoms with Crippen molar-refractivity contribution in [3.8, 4) is 11.1 Å². The van der Waals surface area contributed by atoms with E-state index >= 15 is 0 Å². The van der Waals surface area contributed by atoms with Crippen LogP contribution >= 0.6 is 0 Å². The SMILES string of the molecule is O=C1OC(c2ccc3c(c2)Cc2ccccc2-3)c2ccccc21. The molecule has 0 aromatic heterocycles. The van der Waals surface area contributed by atoms with Gasteiger partial charge in [-0.05, 0) is 40.3 Å². The van der Waals surface area contributed by atoms with Crippen molar-refractivity contribution in [3.63, 3.8) is 0 Å². The highest BCUT2D eigenvalue weighted by atomic mass is 16.5. The zero-order valence-electron chi connectivity index (χ0n) is 12.5. The zero-order chi connectivity index (χ0) is 15.4. The summed E-state index contributed by atoms with van der Waals surface area (Å²) in [7, 11) is 0. The first-order chi connectivity index (χ1) is 11.3. The Kier molecular flexibility index (Phi) is 2.51. The first-order valence-electron chi connectivity index (χ1n) is 7.82. The maximum absolute atomic E-state index is 12.0. The van der Waals surface area contributed by atoms with Crippen molar-refractivity contribution in [2.75, 3.05) is 0 Å². The van der Waals surface area contributed by atoms with Crippen LogP contribution in [0.25, 0.3) is 11.1 Å². The Morgan fingerprint density at radius 3 is 2.43 bits per heavy atom. The number of hydrogen-bond donors (Lipinski definition) is 0. The largest absolute Gasteiger partial charge is 0.449 e. The van der Waals surface area contributed by atoms with Gasteiger partial charge in [-0.2, -0.15) is 0 Å². The van der Waals surface area contributed by atoms with Crippen LogP contribution in [0.2, 0.25) is 0 Å². The monoisotopic (exact) mass is 298 g/mol. The molecule has 2 heteroatoms. The Morgan fingerprint density at radius 2 is 1.52 bits per heavy atom. The van der Waals surface area contributed by atoms with E-state index in [1.54, 1.807) is 0 Å². The molecule has 0 spiro atoms. The van der Waals surface area contributed by atoms with Crippen molar-refractivity contribution in [2.24, 2.45) is 0 Å². The number of fused-ring (bicyclic) bond motifs is 4. The van der Waals surface area contributed by atoms with Crippen LogP contribution in [0, 0.1) is 0 Å². The number of esters is 1. The summed E-state index contributed by atoms with van der Waals surface area (Å²) >= 11 is 0. The van der Waals surface area contributed by atoms with Crippen molar-refractivity contribution in [1.82, 2.24) is 0 Å². The van der Waals surface area contributed by atoms with Crippen LogP contribution < -0.4 is 0 Å². The lowest BCUT2D eigenvalue weighted by Crippen LogP contribution is -2.01. The fraction of sp³-hybridized carbons (Fsp3) is 0.0952. The van der Waals surface area contributed by atoms with Gasteiger partial charge in [0.1, 0.15) is 0 Å². The molecule has 5 rings (SSSR count). The molecule has 1 unspecified atom stereocenters. The second kappa shape index (κ2) is 4.56. The Bertz CT molecular complexity index is 956. The van der Waals surface area contributed by atoms with E-state index in [-0.39, 0.29) is 12.1 Å². The van der Waals surface area contributed by atoms with Gasteiger partial charge in [-0.1, -0.05) is 60.7 Å². The van der Waals surface area contributed by atoms with Gasteiger partial charge in [0.05, 0.1) is 5.56 Å². The lowest BCUT2D eigenvalue weighted by atomic mass is 9.96. The summed E-state index contributed by atoms with van der Waals surface area (Å²) in [5.41, 5.74) is 7.98. The molecule has 1 aliphatic carbocycles. The van der Waals surface area contributed by atoms with Crippen molar-refractivity contribution < 1.29 is 9.53 Å². The third-order valence-corrected chi connectivity index (χ3v) is 4.81. The van der Waals surface area contributed by atoms with Crippen LogP contribution in [-0.4, -0.2) is 5.97 Å². The van der Waals surface area contributed by atoms with Gasteiger partial charge in [-0.3, -0.25) is 0 Å². The summed E-state index contributed by atoms with van der Waals surface area (Å²) in [4.78, 5) is 12.0. The number of benzene rings is 3. The van der Waals surface area contributed by atoms with E-state index in [9.17, 15) is 4.79 Å². The van der Waals surface area contributed by atoms with Gasteiger partial charge in [0.15, 0.2) is 6.10 Å². The number of cyclic esters (lactones) is 1. The highest BCUT2D eigenvalue weighted by molar-refractivity contribution is 5.94. The number of hydrogen-bond acceptors (Lipinski definition) is 2. The van der Waals surface area contributed by atoms with Crippen LogP contribution in [0.4, 0.5) is 0 Å². The van der Waals surface area contributed by atoms with E-state index < -0.39 is 0 Å². The predicted octanol–water partition coefficient (Wildman–Crippen LogP) is 4.52. The molecule has 110 valence electrons. The standard InChI is InChI=1S/C21H14O2/c22-21-19-8-4-3-7-18(19)20(23-21)14-9-10-17-15(12-14)11-13-5-1-2-6-16(13)17/h1-10,12,20H,11H2. The summed E-state index contributed by atoms with van der Waals surface area (Å²) in [5, 5.41) is 0. The molecule has 2 nitrogen and oxygen atoms in total. The average molecular weight is 298 g/mol. The topological polar surface area (TPSA) is 26.3 Å². The minimum Gasteiger partial charge on any atom is -0.449 e. The zero-order valence-corrected chi connectivity index (χ0v) is 12.5. The highest BCUT2D eigenvalue weighted by Gasteiger charge is 2.32. The first-order valence-corrected chi connectivity index (χ1v) is 7.82. The number of rotatable bonds is 1. The molecule has 0 N–H and O–H groups in total. The van der Waals surface area contributed by atoms with Gasteiger partial charge in [0, 0.05) is 5.56 Å². The van der Waals surface area contributed by atoms with Crippen molar-refractivity contribution in [1.29, 1.82) is 0 Å². The number of ether oxygens (including phenoxy) is 1. The van der Waals surface area contributed by atoms with E-state index in [4.69, 9.17) is 4.74 Å². The summed E-state index contributed by atoms with van der Waals surface area (Å²) in [6.45, 7) is 0. The van der Waals surface area contributed by atoms with Crippen molar-refractivity contribution >= 4 is 5.97 Å². The van der Waals surface area contributed by atoms with Gasteiger partial charge in [0.25, 0.3) is 0 Å². The van der Waals surface area contributed by atoms with Gasteiger partial charge in [-0.25, -0.2) is 4.79 Å². The molecule has 0 saturated heterocycles. The molecule has 0 radical (unpaired) electrons. The normalized spacial score (nSPS) is 17.4. The van der Waals surface area contributed by atoms with Crippen molar-refractivity contribution in [2.45, 2.75) is 12.5 Å². The Labute approximate surface area is 134 Å². The minimum atomic E-state index is -0.285. The lowest BCUT2D eigenvalue weighted by molar-refractivity contribution is 0.0456. The maximum atomic E-state index is 12.0. The molecule has 23 heavy (non-hydrogen) atoms. The molecule has 1 aliphatic heterocycles. The van der Waals surface area contributed by atoms with Crippen LogP contribution in [-0.2, 0) is 11.2 Å². The molecule has 0 saturated carbocycles. The summed E-state index contributed by atoms with van der Waals surface area (Å²) in [5.74, 6) is -0.227. The van der Waals surface area contributed by atoms with Gasteiger partial charge < -0.3 is 4.74 Å². The maximum Gasteiger partial charge on any atom is 0.339 e. The third-order valence-electron chi connectivity index (χ3n) is 4.81. The Morgan fingerprint density at radius 1 is 0.783 bits per heavy atom. The van der Waals surface area contributed by atoms with E-state index in [0.717, 1.165) is 17.5 Å². The number of carbonyl (C=O) groups excluding carboxylic acids is 1. The van der Waals surface area contributed by atoms with Crippen LogP contribution in [0.3, 0.4) is 0 Å². The second-order valence-electron chi connectivity index (χ2n) is 6.12. The van der Waals surface area contributed by atoms with Crippen LogP contribution in [0.15, 0.2) is 66.7 Å². The molecule has 2 aliphatic rings. The van der Waals surface area contributed by atoms with E-state index in [1.807, 2.05) is 24.3 Å². The van der Waals surface area contributed by atoms with E-state index in [2.05, 4.69) is 42.5 Å². The number of carbonyl (C=O) groups is 1. The Balaban J connectivity index is 1.60. The highest BCUT2D eigenvalue weighted by Crippen LogP contribution is 2.41. The lowest BCUT2D eigenvalue weighted by Gasteiger charge is -2.13. The molecule has 3 aromatic carbocycles. The quantitative estimate of drug-likeness (QED) is 0.483. The van der Waals surface area contributed by atoms with Crippen LogP contribution in [0.1, 0.15) is 38.7 Å². The van der Waals surface area contributed by atoms with Gasteiger partial charge >= 0.3 is 5.97 Å². The summed E-state index contributed by atoms with van der Waals surface area (Å²) in [6.07, 6.45) is 0.662. The third kappa shape index (κ3) is 1.78. The Hall–Kier alpha value is -2.87. The molecule has 3 aromatic rings. The molecule has 1 atom stereocenters. The predicted molar refractivity (Wildman–Crippen MR) is 88.4 cm³/mol. The second-order valence-corrected chi connectivity index (χ2v) is 6.12. The van der Waals surface area contributed by atoms with E-state index in [1.165, 1.54) is 22.3 Å². The average Bonchev–Trinajstić information content (AvgIpc) is 3.13. The van der Waals surface area contributed by atoms with Crippen molar-refractivity contribution in [3.05, 3.63) is 94.5 Å². The summed E-state index contributed by atoms with van der Waals surface area (Å²) < 4.78 is 5.62. The molecule has 0 amide bonds. The van der Waals surface area contributed by atoms with Gasteiger partial charge in [0.2, 0.25) is 0 Å². The fourth-order valence-electron chi connectivity index (χ4n) is 3.72.